The van der Waals surface area contributed by atoms with Crippen LogP contribution in [0.5, 0.6) is 0 Å². The summed E-state index contributed by atoms with van der Waals surface area (Å²) in [6.07, 6.45) is 12.0. The van der Waals surface area contributed by atoms with E-state index in [1.807, 2.05) is 31.6 Å². The normalized spacial score (nSPS) is 19.3. The Morgan fingerprint density at radius 1 is 1.05 bits per heavy atom. The average Bonchev–Trinajstić information content (AvgIpc) is 3.52. The van der Waals surface area contributed by atoms with Gasteiger partial charge in [0, 0.05) is 43.2 Å². The molecule has 0 radical (unpaired) electrons. The quantitative estimate of drug-likeness (QED) is 0.418. The molecule has 1 aliphatic carbocycles. The molecule has 2 N–H and O–H groups in total. The van der Waals surface area contributed by atoms with Gasteiger partial charge in [-0.1, -0.05) is 11.3 Å². The van der Waals surface area contributed by atoms with E-state index in [-0.39, 0.29) is 11.6 Å². The molecule has 37 heavy (non-hydrogen) atoms. The molecule has 0 unspecified atom stereocenters. The fourth-order valence-corrected chi connectivity index (χ4v) is 5.46. The van der Waals surface area contributed by atoms with Crippen LogP contribution in [0, 0.1) is 12.8 Å². The number of hydrogen-bond donors (Lipinski definition) is 2. The number of carbonyl (C=O) groups excluding carboxylic acids is 2. The van der Waals surface area contributed by atoms with Crippen LogP contribution in [0.3, 0.4) is 0 Å². The van der Waals surface area contributed by atoms with E-state index in [4.69, 9.17) is 0 Å². The van der Waals surface area contributed by atoms with E-state index in [1.165, 1.54) is 25.7 Å². The van der Waals surface area contributed by atoms with Crippen LogP contribution in [0.4, 0.5) is 11.4 Å². The summed E-state index contributed by atoms with van der Waals surface area (Å²) in [4.78, 5) is 32.5. The second-order valence-electron chi connectivity index (χ2n) is 10.1. The van der Waals surface area contributed by atoms with Crippen LogP contribution in [-0.4, -0.2) is 65.4 Å². The Bertz CT molecular complexity index is 1480. The number of amides is 2. The standard InChI is InChI=1S/C26H29N9O2/c1-16-22(9-20(11-27-16)29-24(36)15-34-12-17-3-6-21(34)7-4-17)30-26(37)25-23-8-5-18(14-35(23)32-31-25)19-10-28-33(2)13-19/h5,8-11,13-14,17,21H,3-4,6-7,12,15H2,1-2H3,(H,29,36)(H,30,37). The second kappa shape index (κ2) is 9.40. The Morgan fingerprint density at radius 2 is 1.89 bits per heavy atom. The summed E-state index contributed by atoms with van der Waals surface area (Å²) in [5.41, 5.74) is 4.32. The monoisotopic (exact) mass is 499 g/mol. The van der Waals surface area contributed by atoms with E-state index in [0.717, 1.165) is 23.6 Å². The molecular formula is C26H29N9O2. The zero-order chi connectivity index (χ0) is 25.5. The van der Waals surface area contributed by atoms with Gasteiger partial charge in [0.1, 0.15) is 0 Å². The van der Waals surface area contributed by atoms with Crippen LogP contribution >= 0.6 is 0 Å². The Labute approximate surface area is 213 Å². The summed E-state index contributed by atoms with van der Waals surface area (Å²) in [7, 11) is 1.86. The largest absolute Gasteiger partial charge is 0.324 e. The molecule has 2 amide bonds. The summed E-state index contributed by atoms with van der Waals surface area (Å²) in [6.45, 7) is 3.18. The summed E-state index contributed by atoms with van der Waals surface area (Å²) in [5.74, 6) is 0.252. The number of aromatic nitrogens is 6. The first-order valence-electron chi connectivity index (χ1n) is 12.6. The lowest BCUT2D eigenvalue weighted by atomic mass is 9.80. The minimum absolute atomic E-state index is 0.0656. The van der Waals surface area contributed by atoms with E-state index < -0.39 is 5.91 Å². The highest BCUT2D eigenvalue weighted by molar-refractivity contribution is 6.08. The number of hydrogen-bond acceptors (Lipinski definition) is 7. The van der Waals surface area contributed by atoms with Crippen molar-refractivity contribution >= 4 is 28.7 Å². The minimum Gasteiger partial charge on any atom is -0.324 e. The van der Waals surface area contributed by atoms with Gasteiger partial charge >= 0.3 is 0 Å². The molecule has 4 aromatic rings. The SMILES string of the molecule is Cc1ncc(NC(=O)CN2CC3CCC2CC3)cc1NC(=O)c1nnn2cc(-c3cnn(C)c3)ccc12. The Kier molecular flexibility index (Phi) is 5.91. The molecule has 11 heteroatoms. The Morgan fingerprint density at radius 3 is 2.62 bits per heavy atom. The maximum absolute atomic E-state index is 13.1. The number of fused-ring (bicyclic) bond motifs is 4. The van der Waals surface area contributed by atoms with Gasteiger partial charge < -0.3 is 10.6 Å². The number of nitrogens with one attached hydrogen (secondary N) is 2. The molecule has 190 valence electrons. The molecule has 4 aromatic heterocycles. The number of aryl methyl sites for hydroxylation is 2. The van der Waals surface area contributed by atoms with Gasteiger partial charge in [0.15, 0.2) is 5.69 Å². The predicted octanol–water partition coefficient (Wildman–Crippen LogP) is 2.90. The molecule has 11 nitrogen and oxygen atoms in total. The van der Waals surface area contributed by atoms with Crippen molar-refractivity contribution in [3.8, 4) is 11.1 Å². The van der Waals surface area contributed by atoms with Crippen molar-refractivity contribution in [3.63, 3.8) is 0 Å². The van der Waals surface area contributed by atoms with Crippen molar-refractivity contribution in [1.82, 2.24) is 34.5 Å². The predicted molar refractivity (Wildman–Crippen MR) is 138 cm³/mol. The number of nitrogens with zero attached hydrogens (tertiary/aromatic N) is 7. The molecule has 0 aromatic carbocycles. The molecule has 2 saturated heterocycles. The van der Waals surface area contributed by atoms with Gasteiger partial charge in [0.25, 0.3) is 5.91 Å². The third-order valence-corrected chi connectivity index (χ3v) is 7.46. The van der Waals surface area contributed by atoms with Crippen molar-refractivity contribution in [2.75, 3.05) is 23.7 Å². The van der Waals surface area contributed by atoms with E-state index in [9.17, 15) is 9.59 Å². The van der Waals surface area contributed by atoms with Crippen LogP contribution in [0.2, 0.25) is 0 Å². The first-order chi connectivity index (χ1) is 17.9. The van der Waals surface area contributed by atoms with Gasteiger partial charge in [-0.05, 0) is 50.7 Å². The molecule has 1 saturated carbocycles. The van der Waals surface area contributed by atoms with Crippen molar-refractivity contribution in [2.45, 2.75) is 38.6 Å². The van der Waals surface area contributed by atoms with Crippen molar-refractivity contribution < 1.29 is 9.59 Å². The summed E-state index contributed by atoms with van der Waals surface area (Å²) in [5, 5.41) is 18.2. The zero-order valence-corrected chi connectivity index (χ0v) is 20.9. The van der Waals surface area contributed by atoms with Crippen LogP contribution in [0.1, 0.15) is 41.9 Å². The molecule has 3 fully saturated rings. The van der Waals surface area contributed by atoms with Crippen molar-refractivity contribution in [1.29, 1.82) is 0 Å². The third kappa shape index (κ3) is 4.69. The molecule has 2 aliphatic heterocycles. The highest BCUT2D eigenvalue weighted by atomic mass is 16.2. The average molecular weight is 500 g/mol. The van der Waals surface area contributed by atoms with Gasteiger partial charge in [-0.3, -0.25) is 24.2 Å². The minimum atomic E-state index is -0.401. The number of pyridine rings is 2. The molecule has 0 spiro atoms. The lowest BCUT2D eigenvalue weighted by Crippen LogP contribution is -2.50. The number of piperidine rings is 2. The Balaban J connectivity index is 1.15. The zero-order valence-electron chi connectivity index (χ0n) is 20.9. The summed E-state index contributed by atoms with van der Waals surface area (Å²) >= 11 is 0. The number of anilines is 2. The molecule has 6 heterocycles. The summed E-state index contributed by atoms with van der Waals surface area (Å²) < 4.78 is 3.30. The smallest absolute Gasteiger partial charge is 0.278 e. The fraction of sp³-hybridized carbons (Fsp3) is 0.385. The maximum atomic E-state index is 13.1. The van der Waals surface area contributed by atoms with Gasteiger partial charge in [0.05, 0.1) is 41.5 Å². The van der Waals surface area contributed by atoms with E-state index in [1.54, 1.807) is 34.6 Å². The fourth-order valence-electron chi connectivity index (χ4n) is 5.46. The second-order valence-corrected chi connectivity index (χ2v) is 10.1. The molecular weight excluding hydrogens is 470 g/mol. The molecule has 2 bridgehead atoms. The number of rotatable bonds is 6. The van der Waals surface area contributed by atoms with E-state index >= 15 is 0 Å². The van der Waals surface area contributed by atoms with Crippen LogP contribution in [0.15, 0.2) is 43.0 Å². The van der Waals surface area contributed by atoms with Gasteiger partial charge in [-0.2, -0.15) is 5.10 Å². The highest BCUT2D eigenvalue weighted by Gasteiger charge is 2.34. The first-order valence-corrected chi connectivity index (χ1v) is 12.6. The molecule has 7 rings (SSSR count). The Hall–Kier alpha value is -4.12. The van der Waals surface area contributed by atoms with Gasteiger partial charge in [-0.15, -0.1) is 5.10 Å². The van der Waals surface area contributed by atoms with Crippen LogP contribution in [-0.2, 0) is 11.8 Å². The van der Waals surface area contributed by atoms with Crippen molar-refractivity contribution in [3.05, 3.63) is 54.4 Å². The van der Waals surface area contributed by atoms with Gasteiger partial charge in [0.2, 0.25) is 5.91 Å². The maximum Gasteiger partial charge on any atom is 0.278 e. The first kappa shape index (κ1) is 23.3. The molecule has 3 aliphatic rings. The van der Waals surface area contributed by atoms with E-state index in [0.29, 0.717) is 35.2 Å². The van der Waals surface area contributed by atoms with E-state index in [2.05, 4.69) is 35.9 Å². The third-order valence-electron chi connectivity index (χ3n) is 7.46. The van der Waals surface area contributed by atoms with Crippen molar-refractivity contribution in [2.24, 2.45) is 13.0 Å². The highest BCUT2D eigenvalue weighted by Crippen LogP contribution is 2.34. The topological polar surface area (TPSA) is 122 Å². The number of carbonyl (C=O) groups is 2. The van der Waals surface area contributed by atoms with Crippen LogP contribution in [0.25, 0.3) is 16.6 Å². The lowest BCUT2D eigenvalue weighted by molar-refractivity contribution is -0.119. The van der Waals surface area contributed by atoms with Gasteiger partial charge in [-0.25, -0.2) is 4.52 Å². The summed E-state index contributed by atoms with van der Waals surface area (Å²) in [6, 6.07) is 5.96. The lowest BCUT2D eigenvalue weighted by Gasteiger charge is -2.44. The van der Waals surface area contributed by atoms with Crippen LogP contribution < -0.4 is 10.6 Å². The molecule has 0 atom stereocenters.